The van der Waals surface area contributed by atoms with Crippen molar-refractivity contribution in [3.63, 3.8) is 0 Å². The zero-order valence-electron chi connectivity index (χ0n) is 15.3. The number of fused-ring (bicyclic) bond motifs is 1. The fourth-order valence-electron chi connectivity index (χ4n) is 4.82. The van der Waals surface area contributed by atoms with Crippen LogP contribution in [0.2, 0.25) is 0 Å². The van der Waals surface area contributed by atoms with Gasteiger partial charge in [0.25, 0.3) is 0 Å². The Morgan fingerprint density at radius 3 is 2.60 bits per heavy atom. The summed E-state index contributed by atoms with van der Waals surface area (Å²) in [5.74, 6) is 2.87. The Balaban J connectivity index is 1.08. The highest BCUT2D eigenvalue weighted by Gasteiger charge is 2.55. The van der Waals surface area contributed by atoms with Gasteiger partial charge >= 0.3 is 0 Å². The van der Waals surface area contributed by atoms with Crippen molar-refractivity contribution in [1.82, 2.24) is 9.80 Å². The van der Waals surface area contributed by atoms with Crippen LogP contribution in [-0.4, -0.2) is 60.8 Å². The number of phenols is 1. The molecule has 138 valence electrons. The van der Waals surface area contributed by atoms with E-state index in [-0.39, 0.29) is 0 Å². The van der Waals surface area contributed by atoms with E-state index in [1.165, 1.54) is 64.0 Å². The van der Waals surface area contributed by atoms with E-state index < -0.39 is 0 Å². The molecule has 0 bridgehead atoms. The maximum atomic E-state index is 9.58. The number of hydrogen-bond acceptors (Lipinski definition) is 4. The van der Waals surface area contributed by atoms with E-state index >= 15 is 0 Å². The van der Waals surface area contributed by atoms with Crippen LogP contribution in [-0.2, 0) is 11.3 Å². The van der Waals surface area contributed by atoms with Gasteiger partial charge in [-0.2, -0.15) is 0 Å². The van der Waals surface area contributed by atoms with Crippen LogP contribution in [0.4, 0.5) is 0 Å². The molecular formula is C21H32N2O2. The molecule has 3 aliphatic rings. The second kappa shape index (κ2) is 8.07. The number of hydrogen-bond donors (Lipinski definition) is 1. The minimum Gasteiger partial charge on any atom is -0.508 e. The largest absolute Gasteiger partial charge is 0.508 e. The normalized spacial score (nSPS) is 29.7. The van der Waals surface area contributed by atoms with Crippen molar-refractivity contribution < 1.29 is 9.84 Å². The summed E-state index contributed by atoms with van der Waals surface area (Å²) in [5, 5.41) is 9.58. The molecule has 2 saturated heterocycles. The third kappa shape index (κ3) is 4.55. The summed E-state index contributed by atoms with van der Waals surface area (Å²) in [6.45, 7) is 9.06. The standard InChI is InChI=1S/C21H32N2O2/c24-18-7-4-6-17(12-18)13-23-14-19-20(15-23)21(19)16-25-11-5-10-22-8-2-1-3-9-22/h4,6-7,12,19-21,24H,1-3,5,8-11,13-16H2/t19-,20+,21-. The predicted molar refractivity (Wildman–Crippen MR) is 99.6 cm³/mol. The molecule has 1 saturated carbocycles. The lowest BCUT2D eigenvalue weighted by atomic mass is 10.1. The van der Waals surface area contributed by atoms with Crippen LogP contribution in [0, 0.1) is 17.8 Å². The lowest BCUT2D eigenvalue weighted by molar-refractivity contribution is 0.0967. The molecule has 1 aromatic carbocycles. The molecule has 4 heteroatoms. The van der Waals surface area contributed by atoms with Crippen molar-refractivity contribution >= 4 is 0 Å². The molecule has 2 heterocycles. The predicted octanol–water partition coefficient (Wildman–Crippen LogP) is 2.96. The fraction of sp³-hybridized carbons (Fsp3) is 0.714. The Bertz CT molecular complexity index is 547. The van der Waals surface area contributed by atoms with Crippen LogP contribution < -0.4 is 0 Å². The first-order valence-electron chi connectivity index (χ1n) is 10.1. The summed E-state index contributed by atoms with van der Waals surface area (Å²) in [4.78, 5) is 5.12. The molecular weight excluding hydrogens is 312 g/mol. The smallest absolute Gasteiger partial charge is 0.115 e. The molecule has 1 aliphatic carbocycles. The van der Waals surface area contributed by atoms with Crippen LogP contribution in [0.3, 0.4) is 0 Å². The first kappa shape index (κ1) is 17.3. The lowest BCUT2D eigenvalue weighted by Crippen LogP contribution is -2.31. The Morgan fingerprint density at radius 1 is 1.04 bits per heavy atom. The van der Waals surface area contributed by atoms with Gasteiger partial charge < -0.3 is 14.7 Å². The number of aromatic hydroxyl groups is 1. The van der Waals surface area contributed by atoms with Crippen LogP contribution in [0.5, 0.6) is 5.75 Å². The van der Waals surface area contributed by atoms with E-state index in [2.05, 4.69) is 15.9 Å². The SMILES string of the molecule is Oc1cccc(CN2C[C@@H]3[C@H](COCCCN4CCCCC4)[C@@H]3C2)c1. The quantitative estimate of drug-likeness (QED) is 0.736. The monoisotopic (exact) mass is 344 g/mol. The Labute approximate surface area is 151 Å². The van der Waals surface area contributed by atoms with E-state index in [1.807, 2.05) is 12.1 Å². The van der Waals surface area contributed by atoms with Gasteiger partial charge in [-0.25, -0.2) is 0 Å². The zero-order chi connectivity index (χ0) is 17.1. The number of rotatable bonds is 8. The molecule has 0 unspecified atom stereocenters. The van der Waals surface area contributed by atoms with E-state index in [0.29, 0.717) is 5.75 Å². The third-order valence-corrected chi connectivity index (χ3v) is 6.29. The summed E-state index contributed by atoms with van der Waals surface area (Å²) in [6, 6.07) is 7.66. The molecule has 1 aromatic rings. The maximum Gasteiger partial charge on any atom is 0.115 e. The molecule has 1 N–H and O–H groups in total. The fourth-order valence-corrected chi connectivity index (χ4v) is 4.82. The van der Waals surface area contributed by atoms with Crippen LogP contribution in [0.1, 0.15) is 31.2 Å². The third-order valence-electron chi connectivity index (χ3n) is 6.29. The molecule has 2 aliphatic heterocycles. The average Bonchev–Trinajstić information content (AvgIpc) is 3.07. The van der Waals surface area contributed by atoms with Gasteiger partial charge in [0, 0.05) is 32.8 Å². The van der Waals surface area contributed by atoms with Crippen molar-refractivity contribution in [2.45, 2.75) is 32.2 Å². The summed E-state index contributed by atoms with van der Waals surface area (Å²) in [7, 11) is 0. The van der Waals surface area contributed by atoms with Crippen molar-refractivity contribution in [2.75, 3.05) is 45.9 Å². The number of piperidine rings is 2. The van der Waals surface area contributed by atoms with E-state index in [4.69, 9.17) is 4.74 Å². The van der Waals surface area contributed by atoms with Crippen molar-refractivity contribution in [1.29, 1.82) is 0 Å². The number of ether oxygens (including phenoxy) is 1. The molecule has 0 radical (unpaired) electrons. The van der Waals surface area contributed by atoms with E-state index in [0.717, 1.165) is 37.5 Å². The van der Waals surface area contributed by atoms with Crippen LogP contribution in [0.15, 0.2) is 24.3 Å². The minimum absolute atomic E-state index is 0.373. The Morgan fingerprint density at radius 2 is 1.84 bits per heavy atom. The second-order valence-electron chi connectivity index (χ2n) is 8.19. The van der Waals surface area contributed by atoms with Crippen LogP contribution in [0.25, 0.3) is 0 Å². The number of benzene rings is 1. The molecule has 0 spiro atoms. The number of likely N-dealkylation sites (tertiary alicyclic amines) is 2. The highest BCUT2D eigenvalue weighted by atomic mass is 16.5. The van der Waals surface area contributed by atoms with E-state index in [1.54, 1.807) is 6.07 Å². The Hall–Kier alpha value is -1.10. The van der Waals surface area contributed by atoms with Gasteiger partial charge in [-0.1, -0.05) is 18.6 Å². The van der Waals surface area contributed by atoms with E-state index in [9.17, 15) is 5.11 Å². The highest BCUT2D eigenvalue weighted by molar-refractivity contribution is 5.27. The number of phenolic OH excluding ortho intramolecular Hbond substituents is 1. The lowest BCUT2D eigenvalue weighted by Gasteiger charge is -2.26. The summed E-state index contributed by atoms with van der Waals surface area (Å²) in [6.07, 6.45) is 5.36. The zero-order valence-corrected chi connectivity index (χ0v) is 15.3. The van der Waals surface area contributed by atoms with Gasteiger partial charge in [-0.3, -0.25) is 4.90 Å². The first-order valence-corrected chi connectivity index (χ1v) is 10.1. The molecule has 4 rings (SSSR count). The van der Waals surface area contributed by atoms with Gasteiger partial charge in [-0.05, 0) is 67.8 Å². The second-order valence-corrected chi connectivity index (χ2v) is 8.19. The topological polar surface area (TPSA) is 35.9 Å². The van der Waals surface area contributed by atoms with Crippen molar-refractivity contribution in [3.8, 4) is 5.75 Å². The number of nitrogens with zero attached hydrogens (tertiary/aromatic N) is 2. The van der Waals surface area contributed by atoms with Crippen molar-refractivity contribution in [2.24, 2.45) is 17.8 Å². The van der Waals surface area contributed by atoms with Gasteiger partial charge in [-0.15, -0.1) is 0 Å². The van der Waals surface area contributed by atoms with Crippen molar-refractivity contribution in [3.05, 3.63) is 29.8 Å². The molecule has 25 heavy (non-hydrogen) atoms. The van der Waals surface area contributed by atoms with Crippen LogP contribution >= 0.6 is 0 Å². The van der Waals surface area contributed by atoms with Gasteiger partial charge in [0.15, 0.2) is 0 Å². The maximum absolute atomic E-state index is 9.58. The highest BCUT2D eigenvalue weighted by Crippen LogP contribution is 2.52. The average molecular weight is 344 g/mol. The minimum atomic E-state index is 0.373. The first-order chi connectivity index (χ1) is 12.3. The summed E-state index contributed by atoms with van der Waals surface area (Å²) < 4.78 is 5.98. The molecule has 4 nitrogen and oxygen atoms in total. The molecule has 0 aromatic heterocycles. The van der Waals surface area contributed by atoms with Gasteiger partial charge in [0.05, 0.1) is 6.61 Å². The molecule has 3 atom stereocenters. The van der Waals surface area contributed by atoms with Gasteiger partial charge in [0.2, 0.25) is 0 Å². The summed E-state index contributed by atoms with van der Waals surface area (Å²) >= 11 is 0. The van der Waals surface area contributed by atoms with Gasteiger partial charge in [0.1, 0.15) is 5.75 Å². The Kier molecular flexibility index (Phi) is 5.59. The summed E-state index contributed by atoms with van der Waals surface area (Å²) in [5.41, 5.74) is 1.21. The molecule has 3 fully saturated rings. The molecule has 0 amide bonds.